The number of nitrogens with zero attached hydrogens (tertiary/aromatic N) is 1. The fourth-order valence-electron chi connectivity index (χ4n) is 1.96. The molecule has 106 valence electrons. The summed E-state index contributed by atoms with van der Waals surface area (Å²) in [6.45, 7) is 1.88. The van der Waals surface area contributed by atoms with E-state index in [1.165, 1.54) is 12.1 Å². The first-order valence-electron chi connectivity index (χ1n) is 6.27. The van der Waals surface area contributed by atoms with Gasteiger partial charge in [0.2, 0.25) is 0 Å². The van der Waals surface area contributed by atoms with Gasteiger partial charge in [-0.05, 0) is 19.1 Å². The average molecular weight is 302 g/mol. The van der Waals surface area contributed by atoms with Crippen LogP contribution in [0.5, 0.6) is 5.75 Å². The van der Waals surface area contributed by atoms with Gasteiger partial charge in [0.05, 0.1) is 23.3 Å². The molecule has 2 rings (SSSR count). The van der Waals surface area contributed by atoms with Crippen LogP contribution in [0.25, 0.3) is 11.1 Å². The number of phenols is 1. The topological polar surface area (TPSA) is 70.3 Å². The molecule has 0 heterocycles. The van der Waals surface area contributed by atoms with Gasteiger partial charge >= 0.3 is 5.97 Å². The summed E-state index contributed by atoms with van der Waals surface area (Å²) < 4.78 is 4.89. The molecule has 4 nitrogen and oxygen atoms in total. The number of aromatic hydroxyl groups is 1. The molecule has 0 unspecified atom stereocenters. The highest BCUT2D eigenvalue weighted by Crippen LogP contribution is 2.35. The van der Waals surface area contributed by atoms with Crippen LogP contribution in [0.1, 0.15) is 22.8 Å². The van der Waals surface area contributed by atoms with Gasteiger partial charge in [-0.2, -0.15) is 5.26 Å². The lowest BCUT2D eigenvalue weighted by Gasteiger charge is -2.11. The summed E-state index contributed by atoms with van der Waals surface area (Å²) in [4.78, 5) is 11.8. The Balaban J connectivity index is 2.62. The van der Waals surface area contributed by atoms with Crippen molar-refractivity contribution in [1.82, 2.24) is 0 Å². The van der Waals surface area contributed by atoms with Gasteiger partial charge in [0.25, 0.3) is 0 Å². The van der Waals surface area contributed by atoms with Crippen LogP contribution in [0, 0.1) is 11.3 Å². The Morgan fingerprint density at radius 3 is 2.71 bits per heavy atom. The lowest BCUT2D eigenvalue weighted by molar-refractivity contribution is 0.0523. The second-order valence-electron chi connectivity index (χ2n) is 4.23. The number of nitriles is 1. The van der Waals surface area contributed by atoms with Crippen LogP contribution >= 0.6 is 11.6 Å². The number of halogens is 1. The molecule has 2 aromatic carbocycles. The number of phenolic OH excluding ortho intramolecular Hbond substituents is 1. The Morgan fingerprint density at radius 2 is 2.05 bits per heavy atom. The van der Waals surface area contributed by atoms with Crippen LogP contribution in [0.15, 0.2) is 36.4 Å². The molecule has 0 aliphatic heterocycles. The van der Waals surface area contributed by atoms with Crippen molar-refractivity contribution in [3.8, 4) is 22.9 Å². The van der Waals surface area contributed by atoms with Crippen molar-refractivity contribution < 1.29 is 14.6 Å². The fraction of sp³-hybridized carbons (Fsp3) is 0.125. The molecule has 0 saturated carbocycles. The lowest BCUT2D eigenvalue weighted by Crippen LogP contribution is -2.05. The zero-order valence-electron chi connectivity index (χ0n) is 11.3. The van der Waals surface area contributed by atoms with Gasteiger partial charge in [0.15, 0.2) is 0 Å². The third kappa shape index (κ3) is 2.99. The lowest BCUT2D eigenvalue weighted by atomic mass is 9.98. The zero-order valence-corrected chi connectivity index (χ0v) is 12.0. The van der Waals surface area contributed by atoms with Gasteiger partial charge in [-0.1, -0.05) is 29.8 Å². The van der Waals surface area contributed by atoms with E-state index in [0.717, 1.165) is 0 Å². The van der Waals surface area contributed by atoms with E-state index in [9.17, 15) is 9.90 Å². The smallest absolute Gasteiger partial charge is 0.341 e. The predicted octanol–water partition coefficient (Wildman–Crippen LogP) is 3.76. The molecule has 0 fully saturated rings. The van der Waals surface area contributed by atoms with Crippen molar-refractivity contribution in [3.05, 3.63) is 52.5 Å². The minimum Gasteiger partial charge on any atom is -0.507 e. The van der Waals surface area contributed by atoms with E-state index in [2.05, 4.69) is 6.07 Å². The quantitative estimate of drug-likeness (QED) is 0.876. The number of rotatable bonds is 3. The molecule has 0 saturated heterocycles. The molecule has 0 radical (unpaired) electrons. The van der Waals surface area contributed by atoms with Crippen LogP contribution in [0.3, 0.4) is 0 Å². The van der Waals surface area contributed by atoms with Gasteiger partial charge in [-0.3, -0.25) is 0 Å². The molecule has 0 aliphatic carbocycles. The molecule has 0 bridgehead atoms. The molecule has 2 aromatic rings. The fourth-order valence-corrected chi connectivity index (χ4v) is 2.22. The highest BCUT2D eigenvalue weighted by molar-refractivity contribution is 6.33. The van der Waals surface area contributed by atoms with Crippen LogP contribution < -0.4 is 0 Å². The second-order valence-corrected chi connectivity index (χ2v) is 4.63. The van der Waals surface area contributed by atoms with E-state index in [0.29, 0.717) is 16.7 Å². The first-order chi connectivity index (χ1) is 10.1. The third-order valence-corrected chi connectivity index (χ3v) is 3.23. The molecule has 21 heavy (non-hydrogen) atoms. The molecule has 5 heteroatoms. The second kappa shape index (κ2) is 6.29. The molecule has 0 amide bonds. The monoisotopic (exact) mass is 301 g/mol. The molecule has 1 N–H and O–H groups in total. The largest absolute Gasteiger partial charge is 0.507 e. The van der Waals surface area contributed by atoms with Crippen molar-refractivity contribution in [3.63, 3.8) is 0 Å². The van der Waals surface area contributed by atoms with Crippen LogP contribution in [-0.2, 0) is 4.74 Å². The minimum absolute atomic E-state index is 0.0176. The van der Waals surface area contributed by atoms with Gasteiger partial charge in [0, 0.05) is 17.2 Å². The average Bonchev–Trinajstić information content (AvgIpc) is 2.47. The summed E-state index contributed by atoms with van der Waals surface area (Å²) in [5.74, 6) is -0.890. The first kappa shape index (κ1) is 14.9. The molecule has 0 spiro atoms. The number of hydrogen-bond donors (Lipinski definition) is 1. The van der Waals surface area contributed by atoms with Gasteiger partial charge in [-0.25, -0.2) is 4.79 Å². The van der Waals surface area contributed by atoms with E-state index < -0.39 is 5.97 Å². The molecular weight excluding hydrogens is 290 g/mol. The Labute approximate surface area is 127 Å². The van der Waals surface area contributed by atoms with Crippen molar-refractivity contribution in [1.29, 1.82) is 5.26 Å². The van der Waals surface area contributed by atoms with Crippen molar-refractivity contribution >= 4 is 17.6 Å². The van der Waals surface area contributed by atoms with E-state index in [-0.39, 0.29) is 22.9 Å². The number of ether oxygens (including phenoxy) is 1. The number of carbonyl (C=O) groups excluding carboxylic acids is 1. The minimum atomic E-state index is -0.637. The van der Waals surface area contributed by atoms with Gasteiger partial charge < -0.3 is 9.84 Å². The Hall–Kier alpha value is -2.51. The molecule has 0 aliphatic rings. The highest BCUT2D eigenvalue weighted by Gasteiger charge is 2.17. The van der Waals surface area contributed by atoms with Crippen LogP contribution in [0.2, 0.25) is 5.02 Å². The van der Waals surface area contributed by atoms with Crippen LogP contribution in [-0.4, -0.2) is 17.7 Å². The van der Waals surface area contributed by atoms with Crippen LogP contribution in [0.4, 0.5) is 0 Å². The maximum Gasteiger partial charge on any atom is 0.341 e. The van der Waals surface area contributed by atoms with E-state index >= 15 is 0 Å². The van der Waals surface area contributed by atoms with E-state index in [1.54, 1.807) is 31.2 Å². The zero-order chi connectivity index (χ0) is 15.4. The number of esters is 1. The van der Waals surface area contributed by atoms with Gasteiger partial charge in [0.1, 0.15) is 11.3 Å². The molecule has 0 atom stereocenters. The summed E-state index contributed by atoms with van der Waals surface area (Å²) in [5, 5.41) is 19.2. The maximum absolute atomic E-state index is 11.8. The third-order valence-electron chi connectivity index (χ3n) is 2.92. The predicted molar refractivity (Wildman–Crippen MR) is 79.2 cm³/mol. The standard InChI is InChI=1S/C16H12ClNO3/c1-2-21-16(20)13-7-12(14(17)8-15(13)19)11-6-4-3-5-10(11)9-18/h3-8,19H,2H2,1H3. The Kier molecular flexibility index (Phi) is 4.46. The SMILES string of the molecule is CCOC(=O)c1cc(-c2ccccc2C#N)c(Cl)cc1O. The van der Waals surface area contributed by atoms with E-state index in [1.807, 2.05) is 0 Å². The Bertz CT molecular complexity index is 735. The van der Waals surface area contributed by atoms with E-state index in [4.69, 9.17) is 21.6 Å². The van der Waals surface area contributed by atoms with Crippen molar-refractivity contribution in [2.75, 3.05) is 6.61 Å². The highest BCUT2D eigenvalue weighted by atomic mass is 35.5. The Morgan fingerprint density at radius 1 is 1.33 bits per heavy atom. The molecule has 0 aromatic heterocycles. The summed E-state index contributed by atoms with van der Waals surface area (Å²) >= 11 is 6.13. The summed E-state index contributed by atoms with van der Waals surface area (Å²) in [6.07, 6.45) is 0. The van der Waals surface area contributed by atoms with Crippen molar-refractivity contribution in [2.24, 2.45) is 0 Å². The normalized spacial score (nSPS) is 9.95. The number of carbonyl (C=O) groups is 1. The molecular formula is C16H12ClNO3. The maximum atomic E-state index is 11.8. The summed E-state index contributed by atoms with van der Waals surface area (Å²) in [6, 6.07) is 11.7. The first-order valence-corrected chi connectivity index (χ1v) is 6.65. The number of hydrogen-bond acceptors (Lipinski definition) is 4. The van der Waals surface area contributed by atoms with Crippen molar-refractivity contribution in [2.45, 2.75) is 6.92 Å². The number of benzene rings is 2. The van der Waals surface area contributed by atoms with Gasteiger partial charge in [-0.15, -0.1) is 0 Å². The summed E-state index contributed by atoms with van der Waals surface area (Å²) in [5.41, 5.74) is 1.54. The summed E-state index contributed by atoms with van der Waals surface area (Å²) in [7, 11) is 0.